The smallest absolute Gasteiger partial charge is 0.254 e. The van der Waals surface area contributed by atoms with Gasteiger partial charge in [-0.15, -0.1) is 0 Å². The first kappa shape index (κ1) is 29.2. The molecule has 0 aliphatic carbocycles. The minimum Gasteiger partial charge on any atom is -0.364 e. The Bertz CT molecular complexity index is 1760. The molecule has 0 radical (unpaired) electrons. The number of nitrogens with one attached hydrogen (secondary N) is 1. The van der Waals surface area contributed by atoms with Crippen LogP contribution in [-0.2, 0) is 13.1 Å². The van der Waals surface area contributed by atoms with Crippen LogP contribution in [0.5, 0.6) is 0 Å². The van der Waals surface area contributed by atoms with Crippen LogP contribution in [0.1, 0.15) is 27.9 Å². The highest BCUT2D eigenvalue weighted by molar-refractivity contribution is 6.35. The molecule has 220 valence electrons. The Hall–Kier alpha value is -3.92. The van der Waals surface area contributed by atoms with Crippen molar-refractivity contribution in [1.29, 1.82) is 0 Å². The van der Waals surface area contributed by atoms with E-state index in [1.807, 2.05) is 28.8 Å². The van der Waals surface area contributed by atoms with Crippen LogP contribution in [0.4, 0.5) is 16.2 Å². The number of anilines is 2. The standard InChI is InChI=1S/C31H27Cl3FN7O/c32-23-14-22(15-24(33)16-23)30(43)40-10-3-11-41(13-12-40)31-38-28(36-17-20-6-8-25(35)9-7-20)27-29(39-31)42(19-37-27)18-21-4-1-2-5-26(21)34/h1-2,4-9,14-16,19H,3,10-13,17-18H2,(H,36,38,39). The van der Waals surface area contributed by atoms with Gasteiger partial charge in [-0.05, 0) is 53.9 Å². The van der Waals surface area contributed by atoms with E-state index in [0.717, 1.165) is 17.5 Å². The summed E-state index contributed by atoms with van der Waals surface area (Å²) in [5.74, 6) is 0.672. The Morgan fingerprint density at radius 1 is 0.907 bits per heavy atom. The number of carbonyl (C=O) groups excluding carboxylic acids is 1. The van der Waals surface area contributed by atoms with Crippen molar-refractivity contribution in [1.82, 2.24) is 24.4 Å². The normalized spacial score (nSPS) is 13.8. The zero-order chi connectivity index (χ0) is 29.9. The lowest BCUT2D eigenvalue weighted by Gasteiger charge is -2.23. The van der Waals surface area contributed by atoms with Crippen LogP contribution in [0.15, 0.2) is 73.1 Å². The molecule has 1 N–H and O–H groups in total. The lowest BCUT2D eigenvalue weighted by molar-refractivity contribution is 0.0767. The van der Waals surface area contributed by atoms with Crippen molar-refractivity contribution >= 4 is 63.6 Å². The monoisotopic (exact) mass is 637 g/mol. The molecule has 1 saturated heterocycles. The second-order valence-corrected chi connectivity index (χ2v) is 11.6. The number of benzene rings is 3. The molecule has 12 heteroatoms. The highest BCUT2D eigenvalue weighted by Crippen LogP contribution is 2.27. The van der Waals surface area contributed by atoms with E-state index in [-0.39, 0.29) is 11.7 Å². The number of rotatable bonds is 7. The van der Waals surface area contributed by atoms with Crippen molar-refractivity contribution in [3.05, 3.63) is 111 Å². The third kappa shape index (κ3) is 6.69. The van der Waals surface area contributed by atoms with Crippen LogP contribution in [0.3, 0.4) is 0 Å². The molecule has 1 fully saturated rings. The third-order valence-corrected chi connectivity index (χ3v) is 8.10. The summed E-state index contributed by atoms with van der Waals surface area (Å²) in [4.78, 5) is 31.6. The van der Waals surface area contributed by atoms with Crippen molar-refractivity contribution < 1.29 is 9.18 Å². The third-order valence-electron chi connectivity index (χ3n) is 7.30. The molecule has 3 heterocycles. The first-order chi connectivity index (χ1) is 20.8. The molecule has 0 spiro atoms. The molecular weight excluding hydrogens is 612 g/mol. The first-order valence-corrected chi connectivity index (χ1v) is 14.9. The average molecular weight is 639 g/mol. The summed E-state index contributed by atoms with van der Waals surface area (Å²) in [7, 11) is 0. The molecule has 43 heavy (non-hydrogen) atoms. The fourth-order valence-corrected chi connectivity index (χ4v) is 5.81. The van der Waals surface area contributed by atoms with Gasteiger partial charge < -0.3 is 19.7 Å². The highest BCUT2D eigenvalue weighted by Gasteiger charge is 2.24. The van der Waals surface area contributed by atoms with Crippen LogP contribution in [0.2, 0.25) is 15.1 Å². The molecule has 2 aromatic heterocycles. The number of hydrogen-bond donors (Lipinski definition) is 1. The predicted molar refractivity (Wildman–Crippen MR) is 169 cm³/mol. The molecule has 6 rings (SSSR count). The first-order valence-electron chi connectivity index (χ1n) is 13.8. The Labute approximate surface area is 263 Å². The molecule has 1 amide bonds. The number of nitrogens with zero attached hydrogens (tertiary/aromatic N) is 6. The van der Waals surface area contributed by atoms with Crippen LogP contribution in [-0.4, -0.2) is 56.5 Å². The maximum Gasteiger partial charge on any atom is 0.254 e. The second-order valence-electron chi connectivity index (χ2n) is 10.3. The molecule has 5 aromatic rings. The fourth-order valence-electron chi connectivity index (χ4n) is 5.09. The van der Waals surface area contributed by atoms with Gasteiger partial charge in [0.2, 0.25) is 5.95 Å². The van der Waals surface area contributed by atoms with Crippen LogP contribution < -0.4 is 10.2 Å². The zero-order valence-electron chi connectivity index (χ0n) is 23.0. The van der Waals surface area contributed by atoms with Gasteiger partial charge in [-0.3, -0.25) is 4.79 Å². The highest BCUT2D eigenvalue weighted by atomic mass is 35.5. The summed E-state index contributed by atoms with van der Waals surface area (Å²) in [6, 6.07) is 18.8. The summed E-state index contributed by atoms with van der Waals surface area (Å²) < 4.78 is 15.4. The van der Waals surface area contributed by atoms with Gasteiger partial charge in [0.1, 0.15) is 5.82 Å². The van der Waals surface area contributed by atoms with Gasteiger partial charge in [0, 0.05) is 53.4 Å². The molecular formula is C31H27Cl3FN7O. The fraction of sp³-hybridized carbons (Fsp3) is 0.226. The van der Waals surface area contributed by atoms with Gasteiger partial charge in [0.25, 0.3) is 5.91 Å². The van der Waals surface area contributed by atoms with Crippen LogP contribution in [0, 0.1) is 5.82 Å². The second kappa shape index (κ2) is 12.8. The molecule has 1 aliphatic heterocycles. The summed E-state index contributed by atoms with van der Waals surface area (Å²) in [6.07, 6.45) is 2.45. The van der Waals surface area contributed by atoms with E-state index in [0.29, 0.717) is 82.8 Å². The van der Waals surface area contributed by atoms with E-state index < -0.39 is 0 Å². The molecule has 8 nitrogen and oxygen atoms in total. The van der Waals surface area contributed by atoms with Crippen molar-refractivity contribution in [3.63, 3.8) is 0 Å². The minimum absolute atomic E-state index is 0.123. The summed E-state index contributed by atoms with van der Waals surface area (Å²) in [6.45, 7) is 3.13. The van der Waals surface area contributed by atoms with Gasteiger partial charge in [-0.1, -0.05) is 65.1 Å². The lowest BCUT2D eigenvalue weighted by Crippen LogP contribution is -2.35. The maximum absolute atomic E-state index is 13.5. The maximum atomic E-state index is 13.5. The Kier molecular flexibility index (Phi) is 8.65. The van der Waals surface area contributed by atoms with Crippen molar-refractivity contribution in [3.8, 4) is 0 Å². The van der Waals surface area contributed by atoms with E-state index in [9.17, 15) is 9.18 Å². The SMILES string of the molecule is O=C(c1cc(Cl)cc(Cl)c1)N1CCCN(c2nc(NCc3ccc(F)cc3)c3ncn(Cc4ccccc4Cl)c3n2)CC1. The molecule has 0 saturated carbocycles. The van der Waals surface area contributed by atoms with E-state index in [1.165, 1.54) is 12.1 Å². The zero-order valence-corrected chi connectivity index (χ0v) is 25.2. The minimum atomic E-state index is -0.291. The number of halogens is 4. The molecule has 0 bridgehead atoms. The largest absolute Gasteiger partial charge is 0.364 e. The van der Waals surface area contributed by atoms with Gasteiger partial charge in [-0.2, -0.15) is 9.97 Å². The molecule has 3 aromatic carbocycles. The van der Waals surface area contributed by atoms with E-state index in [2.05, 4.69) is 15.2 Å². The van der Waals surface area contributed by atoms with Crippen molar-refractivity contribution in [2.45, 2.75) is 19.5 Å². The molecule has 0 atom stereocenters. The summed E-state index contributed by atoms with van der Waals surface area (Å²) in [5, 5.41) is 4.87. The number of hydrogen-bond acceptors (Lipinski definition) is 6. The van der Waals surface area contributed by atoms with E-state index in [4.69, 9.17) is 44.8 Å². The summed E-state index contributed by atoms with van der Waals surface area (Å²) in [5.41, 5.74) is 3.56. The topological polar surface area (TPSA) is 79.2 Å². The number of fused-ring (bicyclic) bond motifs is 1. The van der Waals surface area contributed by atoms with Gasteiger partial charge >= 0.3 is 0 Å². The number of imidazole rings is 1. The van der Waals surface area contributed by atoms with E-state index in [1.54, 1.807) is 41.6 Å². The van der Waals surface area contributed by atoms with E-state index >= 15 is 0 Å². The Morgan fingerprint density at radius 2 is 1.67 bits per heavy atom. The lowest BCUT2D eigenvalue weighted by atomic mass is 10.2. The molecule has 1 aliphatic rings. The number of amides is 1. The van der Waals surface area contributed by atoms with Crippen LogP contribution in [0.25, 0.3) is 11.2 Å². The average Bonchev–Trinajstić information content (AvgIpc) is 3.23. The van der Waals surface area contributed by atoms with Crippen molar-refractivity contribution in [2.24, 2.45) is 0 Å². The van der Waals surface area contributed by atoms with Gasteiger partial charge in [0.05, 0.1) is 12.9 Å². The number of aromatic nitrogens is 4. The quantitative estimate of drug-likeness (QED) is 0.208. The molecule has 0 unspecified atom stereocenters. The Morgan fingerprint density at radius 3 is 2.44 bits per heavy atom. The predicted octanol–water partition coefficient (Wildman–Crippen LogP) is 6.94. The summed E-state index contributed by atoms with van der Waals surface area (Å²) >= 11 is 18.8. The van der Waals surface area contributed by atoms with Gasteiger partial charge in [-0.25, -0.2) is 9.37 Å². The van der Waals surface area contributed by atoms with Gasteiger partial charge in [0.15, 0.2) is 17.0 Å². The van der Waals surface area contributed by atoms with Crippen molar-refractivity contribution in [2.75, 3.05) is 36.4 Å². The Balaban J connectivity index is 1.29. The number of carbonyl (C=O) groups is 1. The van der Waals surface area contributed by atoms with Crippen LogP contribution >= 0.6 is 34.8 Å².